The number of nitrogen functional groups attached to an aromatic ring is 1. The summed E-state index contributed by atoms with van der Waals surface area (Å²) in [6.07, 6.45) is 3.35. The van der Waals surface area contributed by atoms with Gasteiger partial charge in [-0.2, -0.15) is 0 Å². The fraction of sp³-hybridized carbons (Fsp3) is 0. The van der Waals surface area contributed by atoms with Crippen molar-refractivity contribution < 1.29 is 0 Å². The third kappa shape index (κ3) is 2.30. The molecule has 4 heteroatoms. The van der Waals surface area contributed by atoms with E-state index in [9.17, 15) is 0 Å². The number of nitrogens with one attached hydrogen (secondary N) is 1. The molecule has 0 saturated carbocycles. The number of pyridine rings is 1. The van der Waals surface area contributed by atoms with Gasteiger partial charge in [-0.1, -0.05) is 0 Å². The Kier molecular flexibility index (Phi) is 3.75. The van der Waals surface area contributed by atoms with E-state index in [1.165, 1.54) is 0 Å². The molecule has 0 radical (unpaired) electrons. The first-order valence-electron chi connectivity index (χ1n) is 2.30. The maximum atomic E-state index is 5.06. The van der Waals surface area contributed by atoms with Crippen molar-refractivity contribution in [2.75, 3.05) is 5.43 Å². The lowest BCUT2D eigenvalue weighted by Gasteiger charge is -1.93. The third-order valence-electron chi connectivity index (χ3n) is 0.828. The van der Waals surface area contributed by atoms with E-state index in [0.29, 0.717) is 0 Å². The first-order chi connectivity index (χ1) is 3.93. The van der Waals surface area contributed by atoms with Crippen molar-refractivity contribution in [1.82, 2.24) is 4.98 Å². The van der Waals surface area contributed by atoms with Crippen LogP contribution in [0.25, 0.3) is 0 Å². The van der Waals surface area contributed by atoms with Crippen molar-refractivity contribution in [1.29, 1.82) is 0 Å². The molecular formula is C5H8ClN3. The number of rotatable bonds is 1. The minimum absolute atomic E-state index is 0. The predicted molar refractivity (Wildman–Crippen MR) is 39.3 cm³/mol. The molecule has 1 rings (SSSR count). The maximum absolute atomic E-state index is 5.06. The zero-order valence-corrected chi connectivity index (χ0v) is 5.56. The minimum atomic E-state index is 0. The van der Waals surface area contributed by atoms with Crippen LogP contribution in [0.5, 0.6) is 0 Å². The van der Waals surface area contributed by atoms with E-state index in [1.54, 1.807) is 12.4 Å². The number of hydrazine groups is 1. The summed E-state index contributed by atoms with van der Waals surface area (Å²) in [5.41, 5.74) is 3.29. The average molecular weight is 146 g/mol. The van der Waals surface area contributed by atoms with Crippen LogP contribution in [0.15, 0.2) is 24.5 Å². The Hall–Kier alpha value is -0.800. The fourth-order valence-electron chi connectivity index (χ4n) is 0.448. The number of anilines is 1. The van der Waals surface area contributed by atoms with E-state index in [2.05, 4.69) is 10.4 Å². The molecule has 9 heavy (non-hydrogen) atoms. The van der Waals surface area contributed by atoms with E-state index >= 15 is 0 Å². The quantitative estimate of drug-likeness (QED) is 0.454. The lowest BCUT2D eigenvalue weighted by Crippen LogP contribution is -2.06. The first kappa shape index (κ1) is 8.20. The molecule has 0 fully saturated rings. The number of hydrogen-bond acceptors (Lipinski definition) is 3. The highest BCUT2D eigenvalue weighted by Crippen LogP contribution is 1.97. The van der Waals surface area contributed by atoms with Crippen LogP contribution >= 0.6 is 12.4 Å². The lowest BCUT2D eigenvalue weighted by atomic mass is 10.4. The van der Waals surface area contributed by atoms with E-state index in [0.717, 1.165) is 5.69 Å². The molecule has 0 saturated heterocycles. The normalized spacial score (nSPS) is 7.67. The second kappa shape index (κ2) is 4.12. The molecular weight excluding hydrogens is 138 g/mol. The highest BCUT2D eigenvalue weighted by Gasteiger charge is 1.79. The molecule has 0 atom stereocenters. The Morgan fingerprint density at radius 2 is 2.33 bits per heavy atom. The van der Waals surface area contributed by atoms with Crippen LogP contribution in [-0.2, 0) is 0 Å². The lowest BCUT2D eigenvalue weighted by molar-refractivity contribution is 1.27. The van der Waals surface area contributed by atoms with Crippen LogP contribution in [0.1, 0.15) is 0 Å². The summed E-state index contributed by atoms with van der Waals surface area (Å²) in [7, 11) is 0. The topological polar surface area (TPSA) is 50.9 Å². The molecule has 1 aromatic rings. The molecule has 1 heterocycles. The van der Waals surface area contributed by atoms with Gasteiger partial charge >= 0.3 is 0 Å². The molecule has 0 spiro atoms. The molecule has 0 aliphatic carbocycles. The number of halogens is 1. The Balaban J connectivity index is 0.000000640. The number of nitrogens with zero attached hydrogens (tertiary/aromatic N) is 1. The maximum Gasteiger partial charge on any atom is 0.0668 e. The largest absolute Gasteiger partial charge is 0.323 e. The highest BCUT2D eigenvalue weighted by atomic mass is 35.5. The summed E-state index contributed by atoms with van der Waals surface area (Å²) in [5, 5.41) is 0. The number of hydrogen-bond donors (Lipinski definition) is 2. The Morgan fingerprint density at radius 3 is 2.67 bits per heavy atom. The molecule has 0 amide bonds. The Bertz CT molecular complexity index is 154. The standard InChI is InChI=1S/C5H7N3.ClH/c6-8-5-2-1-3-7-4-5;/h1-4,8H,6H2;1H. The zero-order valence-electron chi connectivity index (χ0n) is 4.74. The Labute approximate surface area is 59.7 Å². The highest BCUT2D eigenvalue weighted by molar-refractivity contribution is 5.85. The predicted octanol–water partition coefficient (Wildman–Crippen LogP) is 0.789. The zero-order chi connectivity index (χ0) is 5.82. The molecule has 0 aromatic carbocycles. The minimum Gasteiger partial charge on any atom is -0.323 e. The van der Waals surface area contributed by atoms with E-state index in [4.69, 9.17) is 5.84 Å². The fourth-order valence-corrected chi connectivity index (χ4v) is 0.448. The molecule has 3 N–H and O–H groups in total. The first-order valence-corrected chi connectivity index (χ1v) is 2.30. The van der Waals surface area contributed by atoms with Crippen LogP contribution in [0.4, 0.5) is 5.69 Å². The van der Waals surface area contributed by atoms with Crippen molar-refractivity contribution in [3.05, 3.63) is 24.5 Å². The number of nitrogens with two attached hydrogens (primary N) is 1. The van der Waals surface area contributed by atoms with E-state index in [1.807, 2.05) is 12.1 Å². The second-order valence-electron chi connectivity index (χ2n) is 1.39. The van der Waals surface area contributed by atoms with Crippen LogP contribution in [0.2, 0.25) is 0 Å². The third-order valence-corrected chi connectivity index (χ3v) is 0.828. The Morgan fingerprint density at radius 1 is 1.56 bits per heavy atom. The van der Waals surface area contributed by atoms with Gasteiger partial charge < -0.3 is 5.43 Å². The van der Waals surface area contributed by atoms with Gasteiger partial charge in [0.1, 0.15) is 0 Å². The molecule has 0 bridgehead atoms. The van der Waals surface area contributed by atoms with Gasteiger partial charge in [0.2, 0.25) is 0 Å². The molecule has 0 unspecified atom stereocenters. The average Bonchev–Trinajstić information content (AvgIpc) is 1.90. The van der Waals surface area contributed by atoms with Crippen molar-refractivity contribution in [2.24, 2.45) is 5.84 Å². The molecule has 0 aliphatic heterocycles. The van der Waals surface area contributed by atoms with Crippen molar-refractivity contribution in [3.8, 4) is 0 Å². The summed E-state index contributed by atoms with van der Waals surface area (Å²) in [4.78, 5) is 3.81. The molecule has 0 aliphatic rings. The van der Waals surface area contributed by atoms with Crippen LogP contribution in [0.3, 0.4) is 0 Å². The van der Waals surface area contributed by atoms with Gasteiger partial charge in [0.25, 0.3) is 0 Å². The van der Waals surface area contributed by atoms with Crippen molar-refractivity contribution in [2.45, 2.75) is 0 Å². The SMILES string of the molecule is Cl.NNc1cccnc1. The van der Waals surface area contributed by atoms with Gasteiger partial charge in [0.05, 0.1) is 11.9 Å². The van der Waals surface area contributed by atoms with E-state index in [-0.39, 0.29) is 12.4 Å². The van der Waals surface area contributed by atoms with Gasteiger partial charge in [-0.15, -0.1) is 12.4 Å². The van der Waals surface area contributed by atoms with Crippen LogP contribution < -0.4 is 11.3 Å². The molecule has 1 aromatic heterocycles. The van der Waals surface area contributed by atoms with Crippen LogP contribution in [-0.4, -0.2) is 4.98 Å². The summed E-state index contributed by atoms with van der Waals surface area (Å²) >= 11 is 0. The van der Waals surface area contributed by atoms with Gasteiger partial charge in [-0.25, -0.2) is 0 Å². The smallest absolute Gasteiger partial charge is 0.0668 e. The second-order valence-corrected chi connectivity index (χ2v) is 1.39. The van der Waals surface area contributed by atoms with Gasteiger partial charge in [0, 0.05) is 6.20 Å². The van der Waals surface area contributed by atoms with Gasteiger partial charge in [-0.3, -0.25) is 10.8 Å². The van der Waals surface area contributed by atoms with Crippen molar-refractivity contribution >= 4 is 18.1 Å². The van der Waals surface area contributed by atoms with Gasteiger partial charge in [-0.05, 0) is 12.1 Å². The number of aromatic nitrogens is 1. The summed E-state index contributed by atoms with van der Waals surface area (Å²) in [5.74, 6) is 5.06. The van der Waals surface area contributed by atoms with Crippen molar-refractivity contribution in [3.63, 3.8) is 0 Å². The summed E-state index contributed by atoms with van der Waals surface area (Å²) in [6.45, 7) is 0. The monoisotopic (exact) mass is 145 g/mol. The summed E-state index contributed by atoms with van der Waals surface area (Å²) in [6, 6.07) is 3.65. The van der Waals surface area contributed by atoms with Crippen LogP contribution in [0, 0.1) is 0 Å². The van der Waals surface area contributed by atoms with Gasteiger partial charge in [0.15, 0.2) is 0 Å². The van der Waals surface area contributed by atoms with E-state index < -0.39 is 0 Å². The molecule has 50 valence electrons. The molecule has 3 nitrogen and oxygen atoms in total. The summed E-state index contributed by atoms with van der Waals surface area (Å²) < 4.78 is 0.